The number of ether oxygens (including phenoxy) is 4. The Hall–Kier alpha value is -1.00. The number of hydrogen-bond acceptors (Lipinski definition) is 12. The number of aliphatic hydroxyl groups excluding tert-OH is 8. The standard InChI is InChI=1S/C27H44O12/c1-12-3-5-16-14(11-37-27-25(35)23(33)21(31)19(9-29)39-27)4-6-15(17(16)7-12)13(2)10-36-26-24(34)22(32)20(30)18(8-28)38-26/h7,13,15,17-35H,3-6,8-11H2,1-2H3. The van der Waals surface area contributed by atoms with Gasteiger partial charge in [0.1, 0.15) is 48.8 Å². The molecule has 0 bridgehead atoms. The first-order valence-electron chi connectivity index (χ1n) is 13.8. The molecular formula is C27H44O12. The van der Waals surface area contributed by atoms with Gasteiger partial charge in [0, 0.05) is 5.92 Å². The fourth-order valence-corrected chi connectivity index (χ4v) is 6.23. The van der Waals surface area contributed by atoms with E-state index in [9.17, 15) is 40.9 Å². The second-order valence-corrected chi connectivity index (χ2v) is 11.4. The van der Waals surface area contributed by atoms with Gasteiger partial charge in [0.15, 0.2) is 12.6 Å². The highest BCUT2D eigenvalue weighted by atomic mass is 16.7. The van der Waals surface area contributed by atoms with Crippen LogP contribution < -0.4 is 0 Å². The molecule has 4 rings (SSSR count). The van der Waals surface area contributed by atoms with E-state index in [2.05, 4.69) is 19.9 Å². The zero-order valence-electron chi connectivity index (χ0n) is 22.5. The van der Waals surface area contributed by atoms with Crippen molar-refractivity contribution in [1.82, 2.24) is 0 Å². The summed E-state index contributed by atoms with van der Waals surface area (Å²) < 4.78 is 22.7. The molecule has 13 unspecified atom stereocenters. The Labute approximate surface area is 228 Å². The van der Waals surface area contributed by atoms with Crippen LogP contribution in [0, 0.1) is 17.8 Å². The maximum atomic E-state index is 10.3. The maximum Gasteiger partial charge on any atom is 0.187 e. The summed E-state index contributed by atoms with van der Waals surface area (Å²) in [5.74, 6) is 0.401. The molecule has 2 aliphatic carbocycles. The fourth-order valence-electron chi connectivity index (χ4n) is 6.23. The van der Waals surface area contributed by atoms with Crippen molar-refractivity contribution in [2.75, 3.05) is 26.4 Å². The predicted octanol–water partition coefficient (Wildman–Crippen LogP) is -1.68. The summed E-state index contributed by atoms with van der Waals surface area (Å²) in [5.41, 5.74) is 3.63. The lowest BCUT2D eigenvalue weighted by atomic mass is 9.66. The summed E-state index contributed by atoms with van der Waals surface area (Å²) in [4.78, 5) is 0. The Morgan fingerprint density at radius 2 is 1.36 bits per heavy atom. The van der Waals surface area contributed by atoms with Gasteiger partial charge in [-0.15, -0.1) is 0 Å². The molecule has 0 amide bonds. The third-order valence-electron chi connectivity index (χ3n) is 8.72. The maximum absolute atomic E-state index is 10.3. The van der Waals surface area contributed by atoms with Gasteiger partial charge in [-0.2, -0.15) is 0 Å². The molecule has 0 radical (unpaired) electrons. The van der Waals surface area contributed by atoms with Crippen LogP contribution >= 0.6 is 0 Å². The minimum atomic E-state index is -1.49. The number of allylic oxidation sites excluding steroid dienone is 3. The van der Waals surface area contributed by atoms with E-state index in [4.69, 9.17) is 18.9 Å². The van der Waals surface area contributed by atoms with Crippen LogP contribution in [0.25, 0.3) is 0 Å². The lowest BCUT2D eigenvalue weighted by Crippen LogP contribution is -2.59. The summed E-state index contributed by atoms with van der Waals surface area (Å²) in [6.45, 7) is 3.54. The second kappa shape index (κ2) is 13.3. The Kier molecular flexibility index (Phi) is 10.6. The van der Waals surface area contributed by atoms with Crippen LogP contribution in [0.2, 0.25) is 0 Å². The average molecular weight is 561 g/mol. The monoisotopic (exact) mass is 560 g/mol. The highest BCUT2D eigenvalue weighted by Crippen LogP contribution is 2.45. The summed E-state index contributed by atoms with van der Waals surface area (Å²) in [6.07, 6.45) is -7.56. The third-order valence-corrected chi connectivity index (χ3v) is 8.72. The molecule has 0 aromatic heterocycles. The molecule has 39 heavy (non-hydrogen) atoms. The fraction of sp³-hybridized carbons (Fsp3) is 0.852. The van der Waals surface area contributed by atoms with Crippen LogP contribution in [0.4, 0.5) is 0 Å². The quantitative estimate of drug-likeness (QED) is 0.149. The van der Waals surface area contributed by atoms with Crippen molar-refractivity contribution in [3.05, 3.63) is 22.8 Å². The van der Waals surface area contributed by atoms with E-state index in [1.807, 2.05) is 0 Å². The molecule has 0 saturated carbocycles. The van der Waals surface area contributed by atoms with E-state index in [1.165, 1.54) is 11.1 Å². The molecule has 2 fully saturated rings. The van der Waals surface area contributed by atoms with E-state index in [0.29, 0.717) is 0 Å². The van der Waals surface area contributed by atoms with Gasteiger partial charge in [0.05, 0.1) is 26.4 Å². The molecule has 2 heterocycles. The van der Waals surface area contributed by atoms with E-state index >= 15 is 0 Å². The van der Waals surface area contributed by atoms with Gasteiger partial charge < -0.3 is 59.8 Å². The van der Waals surface area contributed by atoms with Crippen molar-refractivity contribution >= 4 is 0 Å². The van der Waals surface area contributed by atoms with Crippen molar-refractivity contribution in [3.8, 4) is 0 Å². The van der Waals surface area contributed by atoms with Crippen molar-refractivity contribution in [2.45, 2.75) is 101 Å². The predicted molar refractivity (Wildman–Crippen MR) is 135 cm³/mol. The number of aliphatic hydroxyl groups is 8. The SMILES string of the molecule is CC1=CC2C(=C(COC3OC(CO)C(O)C(O)C3O)CCC2C(C)COC2OC(CO)C(O)C(O)C2O)CC1. The molecule has 0 spiro atoms. The highest BCUT2D eigenvalue weighted by molar-refractivity contribution is 5.31. The summed E-state index contributed by atoms with van der Waals surface area (Å²) in [7, 11) is 0. The molecule has 8 N–H and O–H groups in total. The molecule has 2 saturated heterocycles. The van der Waals surface area contributed by atoms with Crippen LogP contribution in [-0.2, 0) is 18.9 Å². The number of rotatable bonds is 9. The Morgan fingerprint density at radius 1 is 0.795 bits per heavy atom. The molecule has 12 nitrogen and oxygen atoms in total. The van der Waals surface area contributed by atoms with Gasteiger partial charge in [-0.25, -0.2) is 0 Å². The topological polar surface area (TPSA) is 199 Å². The smallest absolute Gasteiger partial charge is 0.187 e. The van der Waals surface area contributed by atoms with E-state index < -0.39 is 74.6 Å². The van der Waals surface area contributed by atoms with E-state index in [1.54, 1.807) is 0 Å². The zero-order valence-corrected chi connectivity index (χ0v) is 22.5. The zero-order chi connectivity index (χ0) is 28.4. The van der Waals surface area contributed by atoms with Crippen LogP contribution in [0.1, 0.15) is 39.5 Å². The van der Waals surface area contributed by atoms with Crippen LogP contribution in [0.15, 0.2) is 22.8 Å². The highest BCUT2D eigenvalue weighted by Gasteiger charge is 2.46. The average Bonchev–Trinajstić information content (AvgIpc) is 2.93. The Balaban J connectivity index is 1.41. The van der Waals surface area contributed by atoms with Gasteiger partial charge in [-0.1, -0.05) is 24.1 Å². The lowest BCUT2D eigenvalue weighted by molar-refractivity contribution is -0.303. The first-order valence-corrected chi connectivity index (χ1v) is 13.8. The Morgan fingerprint density at radius 3 is 1.92 bits per heavy atom. The van der Waals surface area contributed by atoms with Crippen molar-refractivity contribution in [3.63, 3.8) is 0 Å². The third kappa shape index (κ3) is 6.58. The lowest BCUT2D eigenvalue weighted by Gasteiger charge is -2.43. The molecule has 2 aliphatic heterocycles. The molecule has 0 aromatic rings. The van der Waals surface area contributed by atoms with Gasteiger partial charge in [-0.3, -0.25) is 0 Å². The summed E-state index contributed by atoms with van der Waals surface area (Å²) >= 11 is 0. The van der Waals surface area contributed by atoms with Crippen LogP contribution in [-0.4, -0.2) is 129 Å². The van der Waals surface area contributed by atoms with Crippen LogP contribution in [0.5, 0.6) is 0 Å². The van der Waals surface area contributed by atoms with Crippen molar-refractivity contribution < 1.29 is 59.8 Å². The Bertz CT molecular complexity index is 875. The second-order valence-electron chi connectivity index (χ2n) is 11.4. The molecule has 13 atom stereocenters. The largest absolute Gasteiger partial charge is 0.394 e. The van der Waals surface area contributed by atoms with Gasteiger partial charge >= 0.3 is 0 Å². The minimum Gasteiger partial charge on any atom is -0.394 e. The normalized spacial score (nSPS) is 44.1. The van der Waals surface area contributed by atoms with Crippen molar-refractivity contribution in [1.29, 1.82) is 0 Å². The summed E-state index contributed by atoms with van der Waals surface area (Å²) in [5, 5.41) is 79.6. The number of fused-ring (bicyclic) bond motifs is 1. The minimum absolute atomic E-state index is 0.0486. The first-order chi connectivity index (χ1) is 18.6. The molecule has 4 aliphatic rings. The van der Waals surface area contributed by atoms with Gasteiger partial charge in [-0.05, 0) is 50.0 Å². The summed E-state index contributed by atoms with van der Waals surface area (Å²) in [6, 6.07) is 0. The van der Waals surface area contributed by atoms with Gasteiger partial charge in [0.25, 0.3) is 0 Å². The van der Waals surface area contributed by atoms with Gasteiger partial charge in [0.2, 0.25) is 0 Å². The molecule has 0 aromatic carbocycles. The number of hydrogen-bond donors (Lipinski definition) is 8. The van der Waals surface area contributed by atoms with Crippen molar-refractivity contribution in [2.24, 2.45) is 17.8 Å². The van der Waals surface area contributed by atoms with E-state index in [-0.39, 0.29) is 31.0 Å². The van der Waals surface area contributed by atoms with Crippen LogP contribution in [0.3, 0.4) is 0 Å². The van der Waals surface area contributed by atoms with E-state index in [0.717, 1.165) is 31.3 Å². The molecular weight excluding hydrogens is 516 g/mol. The first kappa shape index (κ1) is 30.9. The molecule has 12 heteroatoms. The molecule has 224 valence electrons.